The summed E-state index contributed by atoms with van der Waals surface area (Å²) in [4.78, 5) is 22.9. The van der Waals surface area contributed by atoms with Crippen LogP contribution in [0, 0.1) is 0 Å². The highest BCUT2D eigenvalue weighted by atomic mass is 32.2. The van der Waals surface area contributed by atoms with Crippen molar-refractivity contribution in [2.75, 3.05) is 22.6 Å². The molecular weight excluding hydrogens is 284 g/mol. The van der Waals surface area contributed by atoms with Crippen LogP contribution in [0.2, 0.25) is 0 Å². The number of rotatable bonds is 4. The predicted molar refractivity (Wildman–Crippen MR) is 73.8 cm³/mol. The van der Waals surface area contributed by atoms with Crippen molar-refractivity contribution in [2.24, 2.45) is 0 Å². The quantitative estimate of drug-likeness (QED) is 0.748. The summed E-state index contributed by atoms with van der Waals surface area (Å²) in [5.41, 5.74) is 0.675. The van der Waals surface area contributed by atoms with Gasteiger partial charge in [-0.05, 0) is 18.6 Å². The molecule has 1 atom stereocenters. The Kier molecular flexibility index (Phi) is 3.67. The van der Waals surface area contributed by atoms with E-state index >= 15 is 0 Å². The average Bonchev–Trinajstić information content (AvgIpc) is 2.34. The molecule has 1 aromatic carbocycles. The molecule has 7 nitrogen and oxygen atoms in total. The number of carbonyl (C=O) groups excluding carboxylic acids is 1. The molecule has 1 heterocycles. The van der Waals surface area contributed by atoms with E-state index in [4.69, 9.17) is 5.11 Å². The summed E-state index contributed by atoms with van der Waals surface area (Å²) in [6.45, 7) is 0. The number of aromatic carboxylic acids is 1. The number of fused-ring (bicyclic) bond motifs is 1. The van der Waals surface area contributed by atoms with E-state index < -0.39 is 27.8 Å². The molecule has 1 amide bonds. The van der Waals surface area contributed by atoms with Gasteiger partial charge < -0.3 is 15.7 Å². The van der Waals surface area contributed by atoms with E-state index in [-0.39, 0.29) is 23.4 Å². The highest BCUT2D eigenvalue weighted by Crippen LogP contribution is 2.31. The highest BCUT2D eigenvalue weighted by molar-refractivity contribution is 7.90. The fraction of sp³-hybridized carbons (Fsp3) is 0.333. The number of benzene rings is 1. The van der Waals surface area contributed by atoms with Crippen molar-refractivity contribution in [3.8, 4) is 0 Å². The molecule has 0 spiro atoms. The lowest BCUT2D eigenvalue weighted by atomic mass is 10.1. The van der Waals surface area contributed by atoms with E-state index in [1.165, 1.54) is 6.07 Å². The van der Waals surface area contributed by atoms with Gasteiger partial charge in [0.2, 0.25) is 5.91 Å². The van der Waals surface area contributed by atoms with Gasteiger partial charge >= 0.3 is 5.97 Å². The SMILES string of the molecule is CS(=O)(=O)CCC1Nc2cccc(C(=O)O)c2NC1=O. The van der Waals surface area contributed by atoms with Crippen LogP contribution in [-0.2, 0) is 14.6 Å². The number of hydrogen-bond acceptors (Lipinski definition) is 5. The first-order valence-corrected chi connectivity index (χ1v) is 7.95. The average molecular weight is 298 g/mol. The minimum Gasteiger partial charge on any atom is -0.478 e. The van der Waals surface area contributed by atoms with Gasteiger partial charge in [0.15, 0.2) is 0 Å². The minimum atomic E-state index is -3.16. The fourth-order valence-electron chi connectivity index (χ4n) is 1.98. The van der Waals surface area contributed by atoms with Gasteiger partial charge in [0.05, 0.1) is 22.7 Å². The lowest BCUT2D eigenvalue weighted by Gasteiger charge is -2.27. The van der Waals surface area contributed by atoms with Crippen molar-refractivity contribution in [1.29, 1.82) is 0 Å². The second-order valence-electron chi connectivity index (χ2n) is 4.64. The first kappa shape index (κ1) is 14.3. The van der Waals surface area contributed by atoms with Crippen LogP contribution in [0.4, 0.5) is 11.4 Å². The van der Waals surface area contributed by atoms with Crippen LogP contribution in [0.5, 0.6) is 0 Å². The number of sulfone groups is 1. The monoisotopic (exact) mass is 298 g/mol. The van der Waals surface area contributed by atoms with E-state index in [0.717, 1.165) is 6.26 Å². The van der Waals surface area contributed by atoms with E-state index in [0.29, 0.717) is 5.69 Å². The highest BCUT2D eigenvalue weighted by Gasteiger charge is 2.28. The summed E-state index contributed by atoms with van der Waals surface area (Å²) in [6, 6.07) is 3.89. The van der Waals surface area contributed by atoms with Gasteiger partial charge in [-0.1, -0.05) is 6.07 Å². The molecule has 1 aliphatic heterocycles. The van der Waals surface area contributed by atoms with Crippen LogP contribution in [0.15, 0.2) is 18.2 Å². The van der Waals surface area contributed by atoms with Crippen LogP contribution in [0.3, 0.4) is 0 Å². The van der Waals surface area contributed by atoms with Crippen LogP contribution < -0.4 is 10.6 Å². The number of nitrogens with one attached hydrogen (secondary N) is 2. The third kappa shape index (κ3) is 3.08. The van der Waals surface area contributed by atoms with Crippen molar-refractivity contribution in [3.05, 3.63) is 23.8 Å². The van der Waals surface area contributed by atoms with E-state index in [1.54, 1.807) is 12.1 Å². The number of carboxylic acids is 1. The molecule has 0 radical (unpaired) electrons. The van der Waals surface area contributed by atoms with Crippen LogP contribution >= 0.6 is 0 Å². The summed E-state index contributed by atoms with van der Waals surface area (Å²) in [6.07, 6.45) is 1.23. The molecule has 0 fully saturated rings. The van der Waals surface area contributed by atoms with Gasteiger partial charge in [-0.3, -0.25) is 4.79 Å². The Balaban J connectivity index is 2.24. The Morgan fingerprint density at radius 3 is 2.70 bits per heavy atom. The standard InChI is InChI=1S/C12H14N2O5S/c1-20(18,19)6-5-9-11(15)14-10-7(12(16)17)3-2-4-8(10)13-9/h2-4,9,13H,5-6H2,1H3,(H,14,15)(H,16,17). The predicted octanol–water partition coefficient (Wildman–Crippen LogP) is 0.552. The molecule has 1 unspecified atom stereocenters. The smallest absolute Gasteiger partial charge is 0.337 e. The Morgan fingerprint density at radius 2 is 2.10 bits per heavy atom. The maximum absolute atomic E-state index is 11.9. The van der Waals surface area contributed by atoms with Crippen molar-refractivity contribution in [2.45, 2.75) is 12.5 Å². The maximum Gasteiger partial charge on any atom is 0.337 e. The molecule has 2 rings (SSSR count). The molecule has 0 aromatic heterocycles. The number of carboxylic acid groups (broad SMARTS) is 1. The van der Waals surface area contributed by atoms with Crippen LogP contribution in [0.25, 0.3) is 0 Å². The Bertz CT molecular complexity index is 668. The van der Waals surface area contributed by atoms with Crippen molar-refractivity contribution in [1.82, 2.24) is 0 Å². The zero-order valence-corrected chi connectivity index (χ0v) is 11.5. The maximum atomic E-state index is 11.9. The number of hydrogen-bond donors (Lipinski definition) is 3. The summed E-state index contributed by atoms with van der Waals surface area (Å²) in [7, 11) is -3.16. The molecule has 0 bridgehead atoms. The summed E-state index contributed by atoms with van der Waals surface area (Å²) < 4.78 is 22.3. The van der Waals surface area contributed by atoms with E-state index in [1.807, 2.05) is 0 Å². The molecule has 0 saturated heterocycles. The lowest BCUT2D eigenvalue weighted by molar-refractivity contribution is -0.117. The molecule has 8 heteroatoms. The normalized spacial score (nSPS) is 17.9. The topological polar surface area (TPSA) is 113 Å². The third-order valence-corrected chi connectivity index (χ3v) is 3.94. The second-order valence-corrected chi connectivity index (χ2v) is 6.90. The van der Waals surface area contributed by atoms with Gasteiger partial charge in [-0.15, -0.1) is 0 Å². The molecule has 1 aliphatic rings. The number of anilines is 2. The Morgan fingerprint density at radius 1 is 1.40 bits per heavy atom. The van der Waals surface area contributed by atoms with Crippen molar-refractivity contribution in [3.63, 3.8) is 0 Å². The molecule has 108 valence electrons. The van der Waals surface area contributed by atoms with E-state index in [9.17, 15) is 18.0 Å². The Hall–Kier alpha value is -2.09. The summed E-state index contributed by atoms with van der Waals surface area (Å²) >= 11 is 0. The molecule has 20 heavy (non-hydrogen) atoms. The largest absolute Gasteiger partial charge is 0.478 e. The molecule has 0 aliphatic carbocycles. The first-order valence-electron chi connectivity index (χ1n) is 5.89. The molecule has 0 saturated carbocycles. The van der Waals surface area contributed by atoms with E-state index in [2.05, 4.69) is 10.6 Å². The van der Waals surface area contributed by atoms with Crippen molar-refractivity contribution < 1.29 is 23.1 Å². The summed E-state index contributed by atoms with van der Waals surface area (Å²) in [5, 5.41) is 14.4. The van der Waals surface area contributed by atoms with Crippen LogP contribution in [-0.4, -0.2) is 43.5 Å². The second kappa shape index (κ2) is 5.12. The van der Waals surface area contributed by atoms with Gasteiger partial charge in [-0.25, -0.2) is 13.2 Å². The molecular formula is C12H14N2O5S. The number of para-hydroxylation sites is 1. The van der Waals surface area contributed by atoms with Gasteiger partial charge in [-0.2, -0.15) is 0 Å². The van der Waals surface area contributed by atoms with Crippen molar-refractivity contribution >= 4 is 33.1 Å². The molecule has 1 aromatic rings. The first-order chi connectivity index (χ1) is 9.28. The van der Waals surface area contributed by atoms with Crippen LogP contribution in [0.1, 0.15) is 16.8 Å². The third-order valence-electron chi connectivity index (χ3n) is 2.97. The van der Waals surface area contributed by atoms with Gasteiger partial charge in [0, 0.05) is 6.26 Å². The van der Waals surface area contributed by atoms with Gasteiger partial charge in [0.25, 0.3) is 0 Å². The minimum absolute atomic E-state index is 0.00934. The zero-order valence-electron chi connectivity index (χ0n) is 10.7. The number of amides is 1. The Labute approximate surface area is 115 Å². The fourth-order valence-corrected chi connectivity index (χ4v) is 2.65. The number of carbonyl (C=O) groups is 2. The molecule has 3 N–H and O–H groups in total. The van der Waals surface area contributed by atoms with Gasteiger partial charge in [0.1, 0.15) is 15.9 Å². The zero-order chi connectivity index (χ0) is 14.9. The summed E-state index contributed by atoms with van der Waals surface area (Å²) in [5.74, 6) is -1.69. The lowest BCUT2D eigenvalue weighted by Crippen LogP contribution is -2.40.